The lowest BCUT2D eigenvalue weighted by Crippen LogP contribution is -2.28. The Kier molecular flexibility index (Phi) is 6.43. The summed E-state index contributed by atoms with van der Waals surface area (Å²) in [6, 6.07) is 7.26. The number of benzene rings is 1. The van der Waals surface area contributed by atoms with Crippen LogP contribution in [-0.4, -0.2) is 47.3 Å². The van der Waals surface area contributed by atoms with Gasteiger partial charge in [0.2, 0.25) is 0 Å². The average Bonchev–Trinajstić information content (AvgIpc) is 2.70. The van der Waals surface area contributed by atoms with Gasteiger partial charge in [0.15, 0.2) is 5.43 Å². The second-order valence-corrected chi connectivity index (χ2v) is 7.38. The van der Waals surface area contributed by atoms with Gasteiger partial charge in [0, 0.05) is 36.2 Å². The maximum atomic E-state index is 13.2. The van der Waals surface area contributed by atoms with Crippen molar-refractivity contribution in [2.24, 2.45) is 0 Å². The molecule has 0 radical (unpaired) electrons. The highest BCUT2D eigenvalue weighted by Gasteiger charge is 2.14. The number of hydrogen-bond donors (Lipinski definition) is 3. The summed E-state index contributed by atoms with van der Waals surface area (Å²) in [4.78, 5) is 31.4. The molecule has 0 aliphatic carbocycles. The first kappa shape index (κ1) is 20.0. The Balaban J connectivity index is 2.06. The Morgan fingerprint density at radius 3 is 2.75 bits per heavy atom. The fourth-order valence-corrected chi connectivity index (χ4v) is 4.34. The number of carboxylic acid groups (broad SMARTS) is 1. The molecule has 0 bridgehead atoms. The summed E-state index contributed by atoms with van der Waals surface area (Å²) in [7, 11) is 0. The molecule has 2 heterocycles. The standard InChI is InChI=1S/C20H24N4O3S/c1-3-24(4-2)11-10-21-15-8-7-13(12-23-20(26)27)18-16(15)17(25)14-6-5-9-22-19(14)28-18/h5-9,21,23H,3-4,10-12H2,1-2H3,(H,26,27). The fraction of sp³-hybridized carbons (Fsp3) is 0.350. The lowest BCUT2D eigenvalue weighted by Gasteiger charge is -2.19. The highest BCUT2D eigenvalue weighted by atomic mass is 32.1. The molecule has 1 amide bonds. The summed E-state index contributed by atoms with van der Waals surface area (Å²) in [5.74, 6) is 0. The van der Waals surface area contributed by atoms with Crippen LogP contribution >= 0.6 is 11.3 Å². The Bertz CT molecular complexity index is 1050. The minimum absolute atomic E-state index is 0.0839. The number of fused-ring (bicyclic) bond motifs is 2. The van der Waals surface area contributed by atoms with Gasteiger partial charge in [-0.25, -0.2) is 9.78 Å². The van der Waals surface area contributed by atoms with E-state index in [1.807, 2.05) is 12.1 Å². The van der Waals surface area contributed by atoms with Crippen molar-refractivity contribution in [1.82, 2.24) is 15.2 Å². The zero-order valence-electron chi connectivity index (χ0n) is 16.0. The second kappa shape index (κ2) is 8.99. The number of nitrogens with one attached hydrogen (secondary N) is 2. The van der Waals surface area contributed by atoms with E-state index in [1.54, 1.807) is 18.3 Å². The van der Waals surface area contributed by atoms with Crippen LogP contribution < -0.4 is 16.1 Å². The minimum Gasteiger partial charge on any atom is -0.465 e. The maximum Gasteiger partial charge on any atom is 0.404 e. The number of likely N-dealkylation sites (N-methyl/N-ethyl adjacent to an activating group) is 1. The van der Waals surface area contributed by atoms with Gasteiger partial charge >= 0.3 is 6.09 Å². The van der Waals surface area contributed by atoms with Crippen molar-refractivity contribution in [2.75, 3.05) is 31.5 Å². The van der Waals surface area contributed by atoms with E-state index in [0.29, 0.717) is 15.6 Å². The number of aromatic nitrogens is 1. The Morgan fingerprint density at radius 1 is 1.25 bits per heavy atom. The molecule has 0 aliphatic heterocycles. The summed E-state index contributed by atoms with van der Waals surface area (Å²) in [6.45, 7) is 7.94. The predicted octanol–water partition coefficient (Wildman–Crippen LogP) is 3.33. The number of anilines is 1. The third kappa shape index (κ3) is 4.23. The molecule has 0 fully saturated rings. The van der Waals surface area contributed by atoms with Gasteiger partial charge in [-0.2, -0.15) is 0 Å². The first-order valence-corrected chi connectivity index (χ1v) is 10.1. The molecule has 0 saturated heterocycles. The summed E-state index contributed by atoms with van der Waals surface area (Å²) in [6.07, 6.45) is 0.562. The topological polar surface area (TPSA) is 94.6 Å². The van der Waals surface area contributed by atoms with Crippen LogP contribution in [0.4, 0.5) is 10.5 Å². The Hall–Kier alpha value is -2.71. The van der Waals surface area contributed by atoms with Crippen LogP contribution in [0.25, 0.3) is 20.3 Å². The number of amides is 1. The van der Waals surface area contributed by atoms with Gasteiger partial charge in [0.1, 0.15) is 4.83 Å². The summed E-state index contributed by atoms with van der Waals surface area (Å²) < 4.78 is 0.762. The van der Waals surface area contributed by atoms with Crippen molar-refractivity contribution < 1.29 is 9.90 Å². The second-order valence-electron chi connectivity index (χ2n) is 6.38. The molecule has 0 unspecified atom stereocenters. The normalized spacial score (nSPS) is 11.2. The third-order valence-electron chi connectivity index (χ3n) is 4.75. The smallest absolute Gasteiger partial charge is 0.404 e. The van der Waals surface area contributed by atoms with E-state index in [9.17, 15) is 9.59 Å². The number of rotatable bonds is 8. The van der Waals surface area contributed by atoms with Gasteiger partial charge < -0.3 is 20.6 Å². The van der Waals surface area contributed by atoms with E-state index in [-0.39, 0.29) is 12.0 Å². The first-order chi connectivity index (χ1) is 13.5. The van der Waals surface area contributed by atoms with Gasteiger partial charge in [-0.15, -0.1) is 11.3 Å². The maximum absolute atomic E-state index is 13.2. The monoisotopic (exact) mass is 400 g/mol. The van der Waals surface area contributed by atoms with E-state index in [0.717, 1.165) is 42.1 Å². The van der Waals surface area contributed by atoms with E-state index in [2.05, 4.69) is 34.4 Å². The SMILES string of the molecule is CCN(CC)CCNc1ccc(CNC(=O)O)c2sc3ncccc3c(=O)c12. The molecule has 3 aromatic rings. The van der Waals surface area contributed by atoms with Crippen molar-refractivity contribution >= 4 is 43.4 Å². The number of nitrogens with zero attached hydrogens (tertiary/aromatic N) is 2. The molecule has 7 nitrogen and oxygen atoms in total. The molecule has 28 heavy (non-hydrogen) atoms. The number of carbonyl (C=O) groups is 1. The highest BCUT2D eigenvalue weighted by Crippen LogP contribution is 2.31. The minimum atomic E-state index is -1.10. The van der Waals surface area contributed by atoms with Gasteiger partial charge in [-0.3, -0.25) is 4.79 Å². The Morgan fingerprint density at radius 2 is 2.04 bits per heavy atom. The van der Waals surface area contributed by atoms with Gasteiger partial charge in [-0.05, 0) is 36.9 Å². The van der Waals surface area contributed by atoms with Crippen LogP contribution in [-0.2, 0) is 6.54 Å². The van der Waals surface area contributed by atoms with E-state index >= 15 is 0 Å². The molecule has 0 saturated carbocycles. The molecule has 3 rings (SSSR count). The van der Waals surface area contributed by atoms with Crippen molar-refractivity contribution in [1.29, 1.82) is 0 Å². The molecule has 8 heteroatoms. The van der Waals surface area contributed by atoms with Crippen molar-refractivity contribution in [3.63, 3.8) is 0 Å². The number of pyridine rings is 1. The zero-order valence-corrected chi connectivity index (χ0v) is 16.8. The molecule has 3 N–H and O–H groups in total. The van der Waals surface area contributed by atoms with E-state index < -0.39 is 6.09 Å². The fourth-order valence-electron chi connectivity index (χ4n) is 3.19. The molecular formula is C20H24N4O3S. The van der Waals surface area contributed by atoms with Crippen molar-refractivity contribution in [3.8, 4) is 0 Å². The molecule has 2 aromatic heterocycles. The van der Waals surface area contributed by atoms with Crippen molar-refractivity contribution in [3.05, 3.63) is 46.2 Å². The Labute approximate surface area is 167 Å². The quantitative estimate of drug-likeness (QED) is 0.502. The van der Waals surface area contributed by atoms with Crippen LogP contribution in [0, 0.1) is 0 Å². The summed E-state index contributed by atoms with van der Waals surface area (Å²) in [5.41, 5.74) is 1.45. The van der Waals surface area contributed by atoms with Crippen LogP contribution in [0.5, 0.6) is 0 Å². The predicted molar refractivity (Wildman–Crippen MR) is 115 cm³/mol. The largest absolute Gasteiger partial charge is 0.465 e. The lowest BCUT2D eigenvalue weighted by molar-refractivity contribution is 0.194. The van der Waals surface area contributed by atoms with Crippen LogP contribution in [0.15, 0.2) is 35.3 Å². The molecule has 0 aliphatic rings. The third-order valence-corrected chi connectivity index (χ3v) is 5.94. The summed E-state index contributed by atoms with van der Waals surface area (Å²) in [5, 5.41) is 15.9. The highest BCUT2D eigenvalue weighted by molar-refractivity contribution is 7.24. The molecule has 0 atom stereocenters. The van der Waals surface area contributed by atoms with E-state index in [1.165, 1.54) is 11.3 Å². The van der Waals surface area contributed by atoms with Gasteiger partial charge in [0.05, 0.1) is 10.8 Å². The average molecular weight is 401 g/mol. The first-order valence-electron chi connectivity index (χ1n) is 9.31. The van der Waals surface area contributed by atoms with Crippen LogP contribution in [0.2, 0.25) is 0 Å². The molecular weight excluding hydrogens is 376 g/mol. The molecule has 148 valence electrons. The number of hydrogen-bond acceptors (Lipinski definition) is 6. The molecule has 1 aromatic carbocycles. The van der Waals surface area contributed by atoms with Crippen molar-refractivity contribution in [2.45, 2.75) is 20.4 Å². The summed E-state index contributed by atoms with van der Waals surface area (Å²) >= 11 is 1.41. The molecule has 0 spiro atoms. The van der Waals surface area contributed by atoms with Crippen LogP contribution in [0.3, 0.4) is 0 Å². The lowest BCUT2D eigenvalue weighted by atomic mass is 10.1. The van der Waals surface area contributed by atoms with Gasteiger partial charge in [-0.1, -0.05) is 19.9 Å². The van der Waals surface area contributed by atoms with E-state index in [4.69, 9.17) is 5.11 Å². The van der Waals surface area contributed by atoms with Gasteiger partial charge in [0.25, 0.3) is 0 Å². The van der Waals surface area contributed by atoms with Crippen LogP contribution in [0.1, 0.15) is 19.4 Å². The zero-order chi connectivity index (χ0) is 20.1.